The SMILES string of the molecule is CSc1ccc(S(=O)(=O)N2CC[NH+](Cc3ccccc3)CC2)cc1. The van der Waals surface area contributed by atoms with E-state index in [1.807, 2.05) is 36.6 Å². The fourth-order valence-corrected chi connectivity index (χ4v) is 4.85. The van der Waals surface area contributed by atoms with Crippen molar-refractivity contribution in [3.05, 3.63) is 60.2 Å². The minimum Gasteiger partial charge on any atom is -0.329 e. The molecule has 0 aliphatic carbocycles. The van der Waals surface area contributed by atoms with Crippen molar-refractivity contribution in [2.45, 2.75) is 16.3 Å². The second-order valence-corrected chi connectivity index (χ2v) is 8.81. The van der Waals surface area contributed by atoms with Crippen molar-refractivity contribution in [2.75, 3.05) is 32.4 Å². The lowest BCUT2D eigenvalue weighted by molar-refractivity contribution is -0.917. The molecular weight excluding hydrogens is 340 g/mol. The van der Waals surface area contributed by atoms with Crippen LogP contribution in [0.2, 0.25) is 0 Å². The van der Waals surface area contributed by atoms with Crippen molar-refractivity contribution in [1.82, 2.24) is 4.31 Å². The number of nitrogens with one attached hydrogen (secondary N) is 1. The monoisotopic (exact) mass is 363 g/mol. The van der Waals surface area contributed by atoms with Crippen molar-refractivity contribution in [1.29, 1.82) is 0 Å². The van der Waals surface area contributed by atoms with Crippen molar-refractivity contribution in [3.8, 4) is 0 Å². The van der Waals surface area contributed by atoms with Crippen LogP contribution in [0.3, 0.4) is 0 Å². The highest BCUT2D eigenvalue weighted by Gasteiger charge is 2.30. The van der Waals surface area contributed by atoms with Gasteiger partial charge in [-0.25, -0.2) is 8.42 Å². The number of hydrogen-bond acceptors (Lipinski definition) is 3. The summed E-state index contributed by atoms with van der Waals surface area (Å²) in [5.74, 6) is 0. The summed E-state index contributed by atoms with van der Waals surface area (Å²) >= 11 is 1.61. The first kappa shape index (κ1) is 17.5. The van der Waals surface area contributed by atoms with E-state index in [1.165, 1.54) is 10.5 Å². The van der Waals surface area contributed by atoms with Gasteiger partial charge in [0.05, 0.1) is 31.1 Å². The molecule has 4 nitrogen and oxygen atoms in total. The van der Waals surface area contributed by atoms with Crippen molar-refractivity contribution in [2.24, 2.45) is 0 Å². The lowest BCUT2D eigenvalue weighted by atomic mass is 10.2. The third kappa shape index (κ3) is 4.00. The molecule has 6 heteroatoms. The molecule has 0 unspecified atom stereocenters. The average molecular weight is 364 g/mol. The van der Waals surface area contributed by atoms with Gasteiger partial charge in [-0.3, -0.25) is 0 Å². The molecule has 0 atom stereocenters. The lowest BCUT2D eigenvalue weighted by Crippen LogP contribution is -3.13. The third-order valence-electron chi connectivity index (χ3n) is 4.42. The highest BCUT2D eigenvalue weighted by Crippen LogP contribution is 2.20. The summed E-state index contributed by atoms with van der Waals surface area (Å²) in [6.45, 7) is 3.80. The van der Waals surface area contributed by atoms with Gasteiger partial charge in [-0.1, -0.05) is 30.3 Å². The molecular formula is C18H23N2O2S2+. The third-order valence-corrected chi connectivity index (χ3v) is 7.08. The van der Waals surface area contributed by atoms with Crippen LogP contribution < -0.4 is 4.90 Å². The molecule has 0 radical (unpaired) electrons. The molecule has 1 aliphatic rings. The number of nitrogens with zero attached hydrogens (tertiary/aromatic N) is 1. The van der Waals surface area contributed by atoms with Crippen LogP contribution in [-0.4, -0.2) is 45.2 Å². The van der Waals surface area contributed by atoms with Gasteiger partial charge >= 0.3 is 0 Å². The molecule has 0 bridgehead atoms. The van der Waals surface area contributed by atoms with Gasteiger partial charge in [-0.2, -0.15) is 4.31 Å². The Balaban J connectivity index is 1.62. The van der Waals surface area contributed by atoms with Gasteiger partial charge in [0.2, 0.25) is 10.0 Å². The number of rotatable bonds is 5. The Morgan fingerprint density at radius 3 is 2.21 bits per heavy atom. The largest absolute Gasteiger partial charge is 0.329 e. The summed E-state index contributed by atoms with van der Waals surface area (Å²) in [4.78, 5) is 2.91. The van der Waals surface area contributed by atoms with Gasteiger partial charge < -0.3 is 4.90 Å². The maximum absolute atomic E-state index is 12.8. The maximum atomic E-state index is 12.8. The van der Waals surface area contributed by atoms with Crippen LogP contribution in [-0.2, 0) is 16.6 Å². The lowest BCUT2D eigenvalue weighted by Gasteiger charge is -2.31. The molecule has 2 aromatic carbocycles. The van der Waals surface area contributed by atoms with Gasteiger partial charge in [-0.15, -0.1) is 11.8 Å². The molecule has 0 spiro atoms. The van der Waals surface area contributed by atoms with E-state index in [0.29, 0.717) is 18.0 Å². The van der Waals surface area contributed by atoms with E-state index < -0.39 is 10.0 Å². The molecule has 1 aliphatic heterocycles. The maximum Gasteiger partial charge on any atom is 0.243 e. The Kier molecular flexibility index (Phi) is 5.61. The summed E-state index contributed by atoms with van der Waals surface area (Å²) in [5, 5.41) is 0. The van der Waals surface area contributed by atoms with E-state index in [0.717, 1.165) is 24.5 Å². The molecule has 0 saturated carbocycles. The second kappa shape index (κ2) is 7.70. The molecule has 3 rings (SSSR count). The standard InChI is InChI=1S/C18H22N2O2S2/c1-23-17-7-9-18(10-8-17)24(21,22)20-13-11-19(12-14-20)15-16-5-3-2-4-6-16/h2-10H,11-15H2,1H3/p+1. The van der Waals surface area contributed by atoms with Crippen molar-refractivity contribution in [3.63, 3.8) is 0 Å². The van der Waals surface area contributed by atoms with Gasteiger partial charge in [0.15, 0.2) is 0 Å². The normalized spacial score (nSPS) is 17.0. The zero-order valence-corrected chi connectivity index (χ0v) is 15.4. The first-order chi connectivity index (χ1) is 11.6. The van der Waals surface area contributed by atoms with Crippen LogP contribution in [0.15, 0.2) is 64.4 Å². The van der Waals surface area contributed by atoms with Crippen LogP contribution >= 0.6 is 11.8 Å². The fraction of sp³-hybridized carbons (Fsp3) is 0.333. The first-order valence-corrected chi connectivity index (χ1v) is 10.8. The molecule has 1 fully saturated rings. The minimum atomic E-state index is -3.37. The summed E-state index contributed by atoms with van der Waals surface area (Å²) < 4.78 is 27.1. The molecule has 1 saturated heterocycles. The van der Waals surface area contributed by atoms with E-state index in [-0.39, 0.29) is 0 Å². The molecule has 1 N–H and O–H groups in total. The van der Waals surface area contributed by atoms with Gasteiger partial charge in [-0.05, 0) is 30.5 Å². The molecule has 1 heterocycles. The average Bonchev–Trinajstić information content (AvgIpc) is 2.63. The van der Waals surface area contributed by atoms with Crippen LogP contribution in [0.1, 0.15) is 5.56 Å². The predicted octanol–water partition coefficient (Wildman–Crippen LogP) is 1.50. The van der Waals surface area contributed by atoms with Crippen LogP contribution in [0.5, 0.6) is 0 Å². The van der Waals surface area contributed by atoms with E-state index in [4.69, 9.17) is 0 Å². The molecule has 0 amide bonds. The summed E-state index contributed by atoms with van der Waals surface area (Å²) in [5.41, 5.74) is 1.30. The highest BCUT2D eigenvalue weighted by atomic mass is 32.2. The highest BCUT2D eigenvalue weighted by molar-refractivity contribution is 7.98. The molecule has 2 aromatic rings. The Labute approximate surface area is 148 Å². The summed E-state index contributed by atoms with van der Waals surface area (Å²) in [6.07, 6.45) is 1.98. The molecule has 0 aromatic heterocycles. The summed E-state index contributed by atoms with van der Waals surface area (Å²) in [7, 11) is -3.37. The minimum absolute atomic E-state index is 0.395. The Morgan fingerprint density at radius 2 is 1.62 bits per heavy atom. The number of benzene rings is 2. The molecule has 128 valence electrons. The molecule has 24 heavy (non-hydrogen) atoms. The van der Waals surface area contributed by atoms with Crippen molar-refractivity contribution < 1.29 is 13.3 Å². The van der Waals surface area contributed by atoms with E-state index in [1.54, 1.807) is 28.2 Å². The topological polar surface area (TPSA) is 41.8 Å². The van der Waals surface area contributed by atoms with Crippen LogP contribution in [0, 0.1) is 0 Å². The van der Waals surface area contributed by atoms with Gasteiger partial charge in [0.1, 0.15) is 6.54 Å². The Bertz CT molecular complexity index is 753. The number of hydrogen-bond donors (Lipinski definition) is 1. The number of quaternary nitrogens is 1. The Hall–Kier alpha value is -1.34. The van der Waals surface area contributed by atoms with Gasteiger partial charge in [0.25, 0.3) is 0 Å². The zero-order chi connectivity index (χ0) is 17.0. The quantitative estimate of drug-likeness (QED) is 0.819. The smallest absolute Gasteiger partial charge is 0.243 e. The van der Waals surface area contributed by atoms with Crippen LogP contribution in [0.25, 0.3) is 0 Å². The predicted molar refractivity (Wildman–Crippen MR) is 97.8 cm³/mol. The summed E-state index contributed by atoms with van der Waals surface area (Å²) in [6, 6.07) is 17.5. The zero-order valence-electron chi connectivity index (χ0n) is 13.8. The number of piperazine rings is 1. The Morgan fingerprint density at radius 1 is 1.00 bits per heavy atom. The fourth-order valence-electron chi connectivity index (χ4n) is 3.00. The second-order valence-electron chi connectivity index (χ2n) is 5.99. The van der Waals surface area contributed by atoms with E-state index in [2.05, 4.69) is 12.1 Å². The van der Waals surface area contributed by atoms with Crippen LogP contribution in [0.4, 0.5) is 0 Å². The number of sulfonamides is 1. The van der Waals surface area contributed by atoms with E-state index >= 15 is 0 Å². The van der Waals surface area contributed by atoms with E-state index in [9.17, 15) is 8.42 Å². The van der Waals surface area contributed by atoms with Gasteiger partial charge in [0, 0.05) is 10.5 Å². The number of thioether (sulfide) groups is 1. The first-order valence-electron chi connectivity index (χ1n) is 8.11. The van der Waals surface area contributed by atoms with Crippen molar-refractivity contribution >= 4 is 21.8 Å².